The molecule has 4 aliphatic heterocycles. The Labute approximate surface area is 368 Å². The fourth-order valence-corrected chi connectivity index (χ4v) is 25.3. The third-order valence-corrected chi connectivity index (χ3v) is 28.3. The van der Waals surface area contributed by atoms with Gasteiger partial charge >= 0.3 is 0 Å². The summed E-state index contributed by atoms with van der Waals surface area (Å²) in [6.07, 6.45) is 18.5. The summed E-state index contributed by atoms with van der Waals surface area (Å²) >= 11 is 5.28. The minimum absolute atomic E-state index is 0.0230. The molecule has 304 valence electrons. The predicted octanol–water partition coefficient (Wildman–Crippen LogP) is 14.8. The summed E-state index contributed by atoms with van der Waals surface area (Å²) in [7, 11) is 11.0. The van der Waals surface area contributed by atoms with Crippen molar-refractivity contribution in [3.05, 3.63) is 0 Å². The highest BCUT2D eigenvalue weighted by atomic mass is 33.2. The lowest BCUT2D eigenvalue weighted by molar-refractivity contribution is 0.275. The molecule has 4 rings (SSSR count). The molecule has 4 aliphatic rings. The summed E-state index contributed by atoms with van der Waals surface area (Å²) in [6, 6.07) is 0. The average molecular weight is 958 g/mol. The Morgan fingerprint density at radius 1 is 0.396 bits per heavy atom. The second kappa shape index (κ2) is 27.5. The van der Waals surface area contributed by atoms with Crippen LogP contribution in [-0.4, -0.2) is 96.5 Å². The quantitative estimate of drug-likeness (QED) is 0.0940. The zero-order chi connectivity index (χ0) is 37.8. The van der Waals surface area contributed by atoms with Crippen LogP contribution < -0.4 is 0 Å². The van der Waals surface area contributed by atoms with Gasteiger partial charge in [0.1, 0.15) is 3.41 Å². The van der Waals surface area contributed by atoms with Gasteiger partial charge in [-0.1, -0.05) is 108 Å². The van der Waals surface area contributed by atoms with E-state index in [4.69, 9.17) is 0 Å². The summed E-state index contributed by atoms with van der Waals surface area (Å²) in [6.45, 7) is 11.7. The molecule has 0 saturated carbocycles. The lowest BCUT2D eigenvalue weighted by Crippen LogP contribution is -2.36. The largest absolute Gasteiger partial charge is 0.272 e. The molecule has 4 saturated heterocycles. The average Bonchev–Trinajstić information content (AvgIpc) is 3.73. The van der Waals surface area contributed by atoms with Crippen molar-refractivity contribution in [2.75, 3.05) is 58.1 Å². The molecule has 53 heavy (non-hydrogen) atoms. The molecule has 0 atom stereocenters. The number of hydrogen-bond acceptors (Lipinski definition) is 20. The fraction of sp³-hybridized carbons (Fsp3) is 0.879. The standard InChI is InChI=1S/C33H56N4O4S12/c1-32(2,27-42-47-28(38)43-34-19-11-3-4-12-20-34)33(51-48-29(39)44-35-21-13-5-6-14-22-35,52-49-30(40)45-36-23-15-7-8-16-24-36)53-50-31(41)46-37-25-17-9-10-18-26-37/h3-27H2,1-2H3. The Balaban J connectivity index is 1.48. The first-order valence-electron chi connectivity index (χ1n) is 18.9. The predicted molar refractivity (Wildman–Crippen MR) is 254 cm³/mol. The molecule has 0 aromatic carbocycles. The maximum absolute atomic E-state index is 13.6. The molecule has 0 N–H and O–H groups in total. The molecule has 20 heteroatoms. The molecule has 4 fully saturated rings. The number of carbonyl (C=O) groups is 4. The molecule has 4 heterocycles. The van der Waals surface area contributed by atoms with Crippen LogP contribution in [0.2, 0.25) is 0 Å². The molecule has 0 unspecified atom stereocenters. The number of rotatable bonds is 14. The van der Waals surface area contributed by atoms with Crippen molar-refractivity contribution in [2.45, 2.75) is 120 Å². The van der Waals surface area contributed by atoms with Crippen molar-refractivity contribution in [3.8, 4) is 0 Å². The first kappa shape index (κ1) is 48.4. The molecule has 0 aromatic heterocycles. The Morgan fingerprint density at radius 2 is 0.642 bits per heavy atom. The van der Waals surface area contributed by atoms with Gasteiger partial charge in [0, 0.05) is 111 Å². The Hall–Kier alpha value is 2.72. The summed E-state index contributed by atoms with van der Waals surface area (Å²) in [5.41, 5.74) is -0.500. The van der Waals surface area contributed by atoms with E-state index in [0.29, 0.717) is 5.75 Å². The first-order valence-corrected chi connectivity index (χ1v) is 30.7. The van der Waals surface area contributed by atoms with Gasteiger partial charge in [0.15, 0.2) is 0 Å². The van der Waals surface area contributed by atoms with Crippen LogP contribution in [0.1, 0.15) is 117 Å². The smallest absolute Gasteiger partial charge is 0.271 e. The second-order valence-electron chi connectivity index (χ2n) is 14.0. The maximum atomic E-state index is 13.6. The van der Waals surface area contributed by atoms with E-state index in [0.717, 1.165) is 104 Å². The summed E-state index contributed by atoms with van der Waals surface area (Å²) in [5.74, 6) is 0.604. The normalized spacial score (nSPS) is 21.3. The van der Waals surface area contributed by atoms with Crippen molar-refractivity contribution >= 4 is 152 Å². The zero-order valence-corrected chi connectivity index (χ0v) is 40.8. The van der Waals surface area contributed by atoms with Crippen LogP contribution in [0.4, 0.5) is 19.2 Å². The van der Waals surface area contributed by atoms with Gasteiger partial charge in [-0.05, 0) is 94.5 Å². The van der Waals surface area contributed by atoms with Gasteiger partial charge in [-0.3, -0.25) is 19.2 Å². The number of nitrogens with zero attached hydrogens (tertiary/aromatic N) is 4. The highest BCUT2D eigenvalue weighted by Crippen LogP contribution is 2.69. The van der Waals surface area contributed by atoms with E-state index >= 15 is 0 Å². The van der Waals surface area contributed by atoms with Crippen LogP contribution in [0, 0.1) is 5.41 Å². The van der Waals surface area contributed by atoms with Crippen LogP contribution in [0.15, 0.2) is 0 Å². The van der Waals surface area contributed by atoms with Crippen molar-refractivity contribution < 1.29 is 19.2 Å². The summed E-state index contributed by atoms with van der Waals surface area (Å²) in [5, 5.41) is 0. The topological polar surface area (TPSA) is 81.2 Å². The maximum Gasteiger partial charge on any atom is 0.271 e. The molecule has 0 aliphatic carbocycles. The Morgan fingerprint density at radius 3 is 0.906 bits per heavy atom. The molecule has 0 bridgehead atoms. The second-order valence-corrected chi connectivity index (χ2v) is 29.3. The van der Waals surface area contributed by atoms with E-state index < -0.39 is 8.83 Å². The van der Waals surface area contributed by atoms with E-state index in [2.05, 4.69) is 31.1 Å². The van der Waals surface area contributed by atoms with E-state index in [1.54, 1.807) is 10.8 Å². The highest BCUT2D eigenvalue weighted by molar-refractivity contribution is 9.01. The monoisotopic (exact) mass is 956 g/mol. The summed E-state index contributed by atoms with van der Waals surface area (Å²) in [4.78, 5) is 53.9. The van der Waals surface area contributed by atoms with Gasteiger partial charge in [0.2, 0.25) is 0 Å². The van der Waals surface area contributed by atoms with Crippen LogP contribution in [0.25, 0.3) is 0 Å². The van der Waals surface area contributed by atoms with Gasteiger partial charge < -0.3 is 0 Å². The fourth-order valence-electron chi connectivity index (χ4n) is 5.97. The first-order chi connectivity index (χ1) is 25.6. The number of carbonyl (C=O) groups excluding carboxylic acids is 4. The Bertz CT molecular complexity index is 1020. The van der Waals surface area contributed by atoms with E-state index in [1.165, 1.54) is 175 Å². The van der Waals surface area contributed by atoms with Gasteiger partial charge in [-0.25, -0.2) is 17.2 Å². The third kappa shape index (κ3) is 19.3. The van der Waals surface area contributed by atoms with Crippen LogP contribution >= 0.6 is 134 Å². The minimum Gasteiger partial charge on any atom is -0.272 e. The summed E-state index contributed by atoms with van der Waals surface area (Å²) < 4.78 is 8.17. The van der Waals surface area contributed by atoms with E-state index in [1.807, 2.05) is 0 Å². The lowest BCUT2D eigenvalue weighted by atomic mass is 9.99. The van der Waals surface area contributed by atoms with E-state index in [-0.39, 0.29) is 17.8 Å². The van der Waals surface area contributed by atoms with Gasteiger partial charge in [0.25, 0.3) is 17.8 Å². The van der Waals surface area contributed by atoms with Crippen LogP contribution in [0.3, 0.4) is 0 Å². The third-order valence-electron chi connectivity index (χ3n) is 9.11. The molecule has 0 spiro atoms. The van der Waals surface area contributed by atoms with E-state index in [9.17, 15) is 19.2 Å². The van der Waals surface area contributed by atoms with Crippen molar-refractivity contribution in [1.29, 1.82) is 0 Å². The van der Waals surface area contributed by atoms with Gasteiger partial charge in [-0.15, -0.1) is 0 Å². The van der Waals surface area contributed by atoms with Crippen LogP contribution in [-0.2, 0) is 0 Å². The number of hydrogen-bond donors (Lipinski definition) is 0. The van der Waals surface area contributed by atoms with Crippen molar-refractivity contribution in [1.82, 2.24) is 17.2 Å². The lowest BCUT2D eigenvalue weighted by Gasteiger charge is -2.43. The molecule has 0 amide bonds. The highest BCUT2D eigenvalue weighted by Gasteiger charge is 2.50. The molecule has 0 radical (unpaired) electrons. The minimum atomic E-state index is -0.777. The molecular formula is C33H56N4O4S12. The molecule has 0 aromatic rings. The SMILES string of the molecule is CC(C)(CSSC(=O)SN1CCCCCC1)C(SSC(=O)SN1CCCCCC1)(SSC(=O)SN1CCCCCC1)SSC(=O)SN1CCCCCC1. The van der Waals surface area contributed by atoms with Crippen LogP contribution in [0.5, 0.6) is 0 Å². The van der Waals surface area contributed by atoms with Crippen molar-refractivity contribution in [2.24, 2.45) is 5.41 Å². The Kier molecular flexibility index (Phi) is 25.1. The van der Waals surface area contributed by atoms with Gasteiger partial charge in [-0.2, -0.15) is 0 Å². The van der Waals surface area contributed by atoms with Gasteiger partial charge in [0.05, 0.1) is 0 Å². The zero-order valence-electron chi connectivity index (χ0n) is 31.0. The van der Waals surface area contributed by atoms with Crippen molar-refractivity contribution in [3.63, 3.8) is 0 Å². The molecule has 8 nitrogen and oxygen atoms in total. The molecular weight excluding hydrogens is 901 g/mol.